The lowest BCUT2D eigenvalue weighted by atomic mass is 10.1. The number of carbonyl (C=O) groups excluding carboxylic acids is 1. The molecule has 23 heavy (non-hydrogen) atoms. The van der Waals surface area contributed by atoms with E-state index in [2.05, 4.69) is 21.2 Å². The summed E-state index contributed by atoms with van der Waals surface area (Å²) >= 11 is 3.30. The first-order chi connectivity index (χ1) is 11.0. The molecule has 0 saturated carbocycles. The summed E-state index contributed by atoms with van der Waals surface area (Å²) in [6.45, 7) is 0. The van der Waals surface area contributed by atoms with E-state index in [1.54, 1.807) is 49.5 Å². The summed E-state index contributed by atoms with van der Waals surface area (Å²) in [5, 5.41) is 11.5. The predicted molar refractivity (Wildman–Crippen MR) is 94.5 cm³/mol. The second-order valence-electron chi connectivity index (χ2n) is 4.70. The van der Waals surface area contributed by atoms with E-state index in [-0.39, 0.29) is 16.8 Å². The Bertz CT molecular complexity index is 866. The number of rotatable bonds is 4. The minimum atomic E-state index is -0.382. The van der Waals surface area contributed by atoms with Crippen LogP contribution in [0.4, 0.5) is 5.69 Å². The minimum absolute atomic E-state index is 0.0797. The lowest BCUT2D eigenvalue weighted by Gasteiger charge is -1.96. The fourth-order valence-electron chi connectivity index (χ4n) is 1.95. The molecule has 0 heterocycles. The van der Waals surface area contributed by atoms with E-state index in [1.165, 1.54) is 12.1 Å². The third-order valence-electron chi connectivity index (χ3n) is 3.18. The first kappa shape index (κ1) is 16.7. The molecule has 0 atom stereocenters. The van der Waals surface area contributed by atoms with Gasteiger partial charge in [-0.2, -0.15) is 5.26 Å². The molecule has 0 aliphatic heterocycles. The SMILES string of the molecule is CNc1ccc(Br)cc(C(=O)C=Cc2ccc(C#N)cc2)c1=O. The maximum Gasteiger partial charge on any atom is 0.212 e. The second-order valence-corrected chi connectivity index (χ2v) is 5.62. The molecule has 0 saturated heterocycles. The molecular weight excluding hydrogens is 356 g/mol. The van der Waals surface area contributed by atoms with Crippen molar-refractivity contribution in [3.8, 4) is 6.07 Å². The number of hydrogen-bond acceptors (Lipinski definition) is 4. The van der Waals surface area contributed by atoms with E-state index >= 15 is 0 Å². The molecule has 0 amide bonds. The number of carbonyl (C=O) groups is 1. The Hall–Kier alpha value is -2.71. The largest absolute Gasteiger partial charge is 0.385 e. The van der Waals surface area contributed by atoms with Crippen molar-refractivity contribution >= 4 is 33.5 Å². The molecule has 2 aromatic rings. The van der Waals surface area contributed by atoms with Gasteiger partial charge in [-0.25, -0.2) is 0 Å². The van der Waals surface area contributed by atoms with E-state index in [0.717, 1.165) is 5.56 Å². The van der Waals surface area contributed by atoms with E-state index in [9.17, 15) is 9.59 Å². The van der Waals surface area contributed by atoms with Crippen molar-refractivity contribution in [3.05, 3.63) is 79.9 Å². The first-order valence-electron chi connectivity index (χ1n) is 6.79. The van der Waals surface area contributed by atoms with Crippen LogP contribution in [0.1, 0.15) is 21.5 Å². The van der Waals surface area contributed by atoms with Crippen LogP contribution in [0, 0.1) is 11.3 Å². The fraction of sp³-hybridized carbons (Fsp3) is 0.0556. The Morgan fingerprint density at radius 3 is 2.52 bits per heavy atom. The minimum Gasteiger partial charge on any atom is -0.385 e. The van der Waals surface area contributed by atoms with Crippen LogP contribution in [-0.2, 0) is 0 Å². The molecule has 0 aliphatic carbocycles. The number of allylic oxidation sites excluding steroid dienone is 1. The summed E-state index contributed by atoms with van der Waals surface area (Å²) in [5.74, 6) is -0.382. The van der Waals surface area contributed by atoms with Crippen LogP contribution in [0.2, 0.25) is 0 Å². The van der Waals surface area contributed by atoms with Crippen molar-refractivity contribution in [2.75, 3.05) is 12.4 Å². The molecule has 1 N–H and O–H groups in total. The van der Waals surface area contributed by atoms with E-state index in [1.807, 2.05) is 6.07 Å². The first-order valence-corrected chi connectivity index (χ1v) is 7.58. The molecule has 0 fully saturated rings. The predicted octanol–water partition coefficient (Wildman–Crippen LogP) is 3.62. The lowest BCUT2D eigenvalue weighted by Crippen LogP contribution is -2.14. The fourth-order valence-corrected chi connectivity index (χ4v) is 2.31. The van der Waals surface area contributed by atoms with Crippen LogP contribution in [-0.4, -0.2) is 12.8 Å². The summed E-state index contributed by atoms with van der Waals surface area (Å²) in [6, 6.07) is 13.7. The summed E-state index contributed by atoms with van der Waals surface area (Å²) in [7, 11) is 1.63. The summed E-state index contributed by atoms with van der Waals surface area (Å²) < 4.78 is 0.645. The molecule has 0 bridgehead atoms. The van der Waals surface area contributed by atoms with Crippen molar-refractivity contribution in [3.63, 3.8) is 0 Å². The normalized spacial score (nSPS) is 10.3. The zero-order valence-electron chi connectivity index (χ0n) is 12.3. The van der Waals surface area contributed by atoms with Gasteiger partial charge in [0.2, 0.25) is 5.43 Å². The number of halogens is 1. The standard InChI is InChI=1S/C18H13BrN2O2/c1-21-16-8-7-14(19)10-15(18(16)23)17(22)9-6-12-2-4-13(11-20)5-3-12/h2-10H,1H3,(H,21,23). The molecule has 0 unspecified atom stereocenters. The van der Waals surface area contributed by atoms with Crippen LogP contribution in [0.5, 0.6) is 0 Å². The van der Waals surface area contributed by atoms with Gasteiger partial charge >= 0.3 is 0 Å². The van der Waals surface area contributed by atoms with Gasteiger partial charge in [-0.1, -0.05) is 34.1 Å². The van der Waals surface area contributed by atoms with Crippen LogP contribution in [0.3, 0.4) is 0 Å². The average Bonchev–Trinajstić information content (AvgIpc) is 2.72. The van der Waals surface area contributed by atoms with Crippen LogP contribution >= 0.6 is 15.9 Å². The molecule has 0 aliphatic rings. The highest BCUT2D eigenvalue weighted by molar-refractivity contribution is 9.10. The van der Waals surface area contributed by atoms with Gasteiger partial charge in [-0.15, -0.1) is 0 Å². The summed E-state index contributed by atoms with van der Waals surface area (Å²) in [6.07, 6.45) is 2.97. The highest BCUT2D eigenvalue weighted by Gasteiger charge is 2.10. The van der Waals surface area contributed by atoms with Crippen molar-refractivity contribution in [1.29, 1.82) is 5.26 Å². The third-order valence-corrected chi connectivity index (χ3v) is 3.68. The number of nitriles is 1. The Kier molecular flexibility index (Phi) is 5.45. The summed E-state index contributed by atoms with van der Waals surface area (Å²) in [5.41, 5.74) is 1.40. The molecular formula is C18H13BrN2O2. The average molecular weight is 369 g/mol. The zero-order valence-corrected chi connectivity index (χ0v) is 13.9. The Labute approximate surface area is 142 Å². The monoisotopic (exact) mass is 368 g/mol. The Morgan fingerprint density at radius 2 is 1.91 bits per heavy atom. The number of hydrogen-bond donors (Lipinski definition) is 1. The van der Waals surface area contributed by atoms with E-state index in [4.69, 9.17) is 5.26 Å². The van der Waals surface area contributed by atoms with E-state index < -0.39 is 0 Å². The van der Waals surface area contributed by atoms with Gasteiger partial charge in [0.15, 0.2) is 5.78 Å². The number of nitrogens with zero attached hydrogens (tertiary/aromatic N) is 1. The number of anilines is 1. The quantitative estimate of drug-likeness (QED) is 0.660. The lowest BCUT2D eigenvalue weighted by molar-refractivity contribution is 0.104. The van der Waals surface area contributed by atoms with Gasteiger partial charge in [-0.05, 0) is 42.0 Å². The smallest absolute Gasteiger partial charge is 0.212 e. The Balaban J connectivity index is 2.36. The van der Waals surface area contributed by atoms with Gasteiger partial charge in [0.05, 0.1) is 22.9 Å². The second kappa shape index (κ2) is 7.52. The highest BCUT2D eigenvalue weighted by Crippen LogP contribution is 2.13. The molecule has 2 rings (SSSR count). The van der Waals surface area contributed by atoms with Gasteiger partial charge in [0, 0.05) is 11.5 Å². The molecule has 4 nitrogen and oxygen atoms in total. The van der Waals surface area contributed by atoms with Gasteiger partial charge in [-0.3, -0.25) is 9.59 Å². The molecule has 114 valence electrons. The number of ketones is 1. The molecule has 0 radical (unpaired) electrons. The maximum atomic E-state index is 12.3. The van der Waals surface area contributed by atoms with E-state index in [0.29, 0.717) is 15.7 Å². The topological polar surface area (TPSA) is 70.0 Å². The summed E-state index contributed by atoms with van der Waals surface area (Å²) in [4.78, 5) is 24.6. The Morgan fingerprint density at radius 1 is 1.22 bits per heavy atom. The zero-order chi connectivity index (χ0) is 16.8. The van der Waals surface area contributed by atoms with Crippen molar-refractivity contribution in [1.82, 2.24) is 0 Å². The van der Waals surface area contributed by atoms with Crippen LogP contribution < -0.4 is 10.7 Å². The highest BCUT2D eigenvalue weighted by atomic mass is 79.9. The maximum absolute atomic E-state index is 12.3. The number of nitrogens with one attached hydrogen (secondary N) is 1. The molecule has 0 aromatic heterocycles. The van der Waals surface area contributed by atoms with Gasteiger partial charge < -0.3 is 5.32 Å². The van der Waals surface area contributed by atoms with Crippen LogP contribution in [0.25, 0.3) is 6.08 Å². The molecule has 5 heteroatoms. The van der Waals surface area contributed by atoms with Gasteiger partial charge in [0.25, 0.3) is 0 Å². The van der Waals surface area contributed by atoms with Crippen molar-refractivity contribution < 1.29 is 4.79 Å². The van der Waals surface area contributed by atoms with Gasteiger partial charge in [0.1, 0.15) is 0 Å². The molecule has 0 spiro atoms. The van der Waals surface area contributed by atoms with Crippen LogP contribution in [0.15, 0.2) is 57.8 Å². The number of benzene rings is 1. The van der Waals surface area contributed by atoms with Crippen molar-refractivity contribution in [2.45, 2.75) is 0 Å². The van der Waals surface area contributed by atoms with Crippen molar-refractivity contribution in [2.24, 2.45) is 0 Å². The molecule has 2 aromatic carbocycles. The third kappa shape index (κ3) is 4.15.